The first kappa shape index (κ1) is 15.9. The number of Topliss-reactive ketones (excluding diaryl/α,β-unsaturated/α-hetero) is 1. The van der Waals surface area contributed by atoms with Gasteiger partial charge in [0.15, 0.2) is 5.78 Å². The molecule has 2 aromatic rings. The number of rotatable bonds is 3. The molecular formula is C17H10F3NO3. The molecule has 0 bridgehead atoms. The topological polar surface area (TPSA) is 54.5 Å². The van der Waals surface area contributed by atoms with Crippen molar-refractivity contribution in [2.24, 2.45) is 0 Å². The fraction of sp³-hybridized carbons (Fsp3) is 0.118. The van der Waals surface area contributed by atoms with Gasteiger partial charge in [0.25, 0.3) is 11.8 Å². The minimum Gasteiger partial charge on any atom is -0.292 e. The standard InChI is InChI=1S/C17H10F3NO3/c18-17(19,20)11-5-3-4-10(8-11)14(22)9-21-15(23)12-6-1-2-7-13(12)16(21)24/h1-8H,9H2. The normalized spacial score (nSPS) is 14.0. The maximum atomic E-state index is 12.7. The molecule has 3 rings (SSSR count). The van der Waals surface area contributed by atoms with Crippen LogP contribution in [0.1, 0.15) is 36.6 Å². The second-order valence-electron chi connectivity index (χ2n) is 5.24. The van der Waals surface area contributed by atoms with Crippen molar-refractivity contribution in [1.82, 2.24) is 4.90 Å². The van der Waals surface area contributed by atoms with Crippen LogP contribution in [0, 0.1) is 0 Å². The monoisotopic (exact) mass is 333 g/mol. The third-order valence-corrected chi connectivity index (χ3v) is 3.69. The summed E-state index contributed by atoms with van der Waals surface area (Å²) < 4.78 is 38.1. The van der Waals surface area contributed by atoms with Crippen LogP contribution in [0.5, 0.6) is 0 Å². The second-order valence-corrected chi connectivity index (χ2v) is 5.24. The van der Waals surface area contributed by atoms with E-state index in [1.165, 1.54) is 18.2 Å². The molecule has 1 aliphatic rings. The van der Waals surface area contributed by atoms with Gasteiger partial charge in [0.2, 0.25) is 0 Å². The highest BCUT2D eigenvalue weighted by Gasteiger charge is 2.37. The lowest BCUT2D eigenvalue weighted by Gasteiger charge is -2.13. The van der Waals surface area contributed by atoms with E-state index in [0.29, 0.717) is 6.07 Å². The highest BCUT2D eigenvalue weighted by molar-refractivity contribution is 6.23. The maximum absolute atomic E-state index is 12.7. The van der Waals surface area contributed by atoms with Crippen LogP contribution in [0.15, 0.2) is 48.5 Å². The quantitative estimate of drug-likeness (QED) is 0.640. The molecule has 0 aliphatic carbocycles. The highest BCUT2D eigenvalue weighted by Crippen LogP contribution is 2.30. The van der Waals surface area contributed by atoms with E-state index in [0.717, 1.165) is 17.0 Å². The van der Waals surface area contributed by atoms with E-state index in [4.69, 9.17) is 0 Å². The van der Waals surface area contributed by atoms with Gasteiger partial charge in [0.05, 0.1) is 23.2 Å². The summed E-state index contributed by atoms with van der Waals surface area (Å²) >= 11 is 0. The Kier molecular flexibility index (Phi) is 3.71. The van der Waals surface area contributed by atoms with Crippen LogP contribution in [0.4, 0.5) is 13.2 Å². The average Bonchev–Trinajstić information content (AvgIpc) is 2.80. The summed E-state index contributed by atoms with van der Waals surface area (Å²) in [5.41, 5.74) is -0.809. The molecule has 0 radical (unpaired) electrons. The third-order valence-electron chi connectivity index (χ3n) is 3.69. The number of amides is 2. The van der Waals surface area contributed by atoms with Crippen molar-refractivity contribution >= 4 is 17.6 Å². The number of hydrogen-bond acceptors (Lipinski definition) is 3. The van der Waals surface area contributed by atoms with Crippen LogP contribution in [0.25, 0.3) is 0 Å². The van der Waals surface area contributed by atoms with Crippen molar-refractivity contribution in [3.63, 3.8) is 0 Å². The molecule has 0 atom stereocenters. The number of ketones is 1. The maximum Gasteiger partial charge on any atom is 0.416 e. The molecule has 24 heavy (non-hydrogen) atoms. The molecule has 2 aromatic carbocycles. The highest BCUT2D eigenvalue weighted by atomic mass is 19.4. The first-order chi connectivity index (χ1) is 11.3. The van der Waals surface area contributed by atoms with E-state index in [1.54, 1.807) is 12.1 Å². The molecule has 0 N–H and O–H groups in total. The zero-order valence-corrected chi connectivity index (χ0v) is 12.1. The summed E-state index contributed by atoms with van der Waals surface area (Å²) in [6.07, 6.45) is -4.58. The molecule has 4 nitrogen and oxygen atoms in total. The van der Waals surface area contributed by atoms with Gasteiger partial charge in [0, 0.05) is 5.56 Å². The van der Waals surface area contributed by atoms with E-state index in [-0.39, 0.29) is 16.7 Å². The van der Waals surface area contributed by atoms with Gasteiger partial charge in [0.1, 0.15) is 0 Å². The van der Waals surface area contributed by atoms with Crippen LogP contribution in [-0.4, -0.2) is 29.0 Å². The fourth-order valence-electron chi connectivity index (χ4n) is 2.49. The van der Waals surface area contributed by atoms with Crippen molar-refractivity contribution in [3.8, 4) is 0 Å². The predicted octanol–water partition coefficient (Wildman–Crippen LogP) is 3.18. The lowest BCUT2D eigenvalue weighted by atomic mass is 10.1. The molecule has 0 spiro atoms. The van der Waals surface area contributed by atoms with Crippen molar-refractivity contribution in [3.05, 3.63) is 70.8 Å². The van der Waals surface area contributed by atoms with E-state index >= 15 is 0 Å². The summed E-state index contributed by atoms with van der Waals surface area (Å²) in [7, 11) is 0. The fourth-order valence-corrected chi connectivity index (χ4v) is 2.49. The Hall–Kier alpha value is -2.96. The van der Waals surface area contributed by atoms with Crippen LogP contribution >= 0.6 is 0 Å². The van der Waals surface area contributed by atoms with E-state index in [2.05, 4.69) is 0 Å². The molecule has 1 aliphatic heterocycles. The lowest BCUT2D eigenvalue weighted by Crippen LogP contribution is -2.35. The van der Waals surface area contributed by atoms with Crippen molar-refractivity contribution in [2.45, 2.75) is 6.18 Å². The second kappa shape index (κ2) is 5.59. The zero-order valence-electron chi connectivity index (χ0n) is 12.1. The third kappa shape index (κ3) is 2.68. The van der Waals surface area contributed by atoms with Gasteiger partial charge in [-0.15, -0.1) is 0 Å². The smallest absolute Gasteiger partial charge is 0.292 e. The Balaban J connectivity index is 1.84. The van der Waals surface area contributed by atoms with E-state index < -0.39 is 35.9 Å². The minimum absolute atomic E-state index is 0.180. The van der Waals surface area contributed by atoms with Gasteiger partial charge >= 0.3 is 6.18 Å². The number of halogens is 3. The summed E-state index contributed by atoms with van der Waals surface area (Å²) in [4.78, 5) is 37.3. The number of nitrogens with zero attached hydrogens (tertiary/aromatic N) is 1. The number of imide groups is 1. The molecule has 1 heterocycles. The summed E-state index contributed by atoms with van der Waals surface area (Å²) in [5.74, 6) is -2.00. The number of carbonyl (C=O) groups excluding carboxylic acids is 3. The number of carbonyl (C=O) groups is 3. The summed E-state index contributed by atoms with van der Waals surface area (Å²) in [6.45, 7) is -0.604. The van der Waals surface area contributed by atoms with Crippen molar-refractivity contribution in [1.29, 1.82) is 0 Å². The van der Waals surface area contributed by atoms with Crippen LogP contribution in [0.3, 0.4) is 0 Å². The van der Waals surface area contributed by atoms with Crippen LogP contribution < -0.4 is 0 Å². The Morgan fingerprint density at radius 2 is 1.50 bits per heavy atom. The van der Waals surface area contributed by atoms with Gasteiger partial charge in [-0.2, -0.15) is 13.2 Å². The van der Waals surface area contributed by atoms with E-state index in [9.17, 15) is 27.6 Å². The van der Waals surface area contributed by atoms with Crippen LogP contribution in [-0.2, 0) is 6.18 Å². The molecule has 0 fully saturated rings. The molecule has 0 aromatic heterocycles. The lowest BCUT2D eigenvalue weighted by molar-refractivity contribution is -0.137. The van der Waals surface area contributed by atoms with E-state index in [1.807, 2.05) is 0 Å². The molecular weight excluding hydrogens is 323 g/mol. The first-order valence-electron chi connectivity index (χ1n) is 6.95. The van der Waals surface area contributed by atoms with Gasteiger partial charge in [-0.1, -0.05) is 24.3 Å². The van der Waals surface area contributed by atoms with Gasteiger partial charge in [-0.05, 0) is 24.3 Å². The Morgan fingerprint density at radius 3 is 2.04 bits per heavy atom. The van der Waals surface area contributed by atoms with Gasteiger partial charge < -0.3 is 0 Å². The molecule has 2 amide bonds. The molecule has 0 unspecified atom stereocenters. The number of benzene rings is 2. The Morgan fingerprint density at radius 1 is 0.917 bits per heavy atom. The largest absolute Gasteiger partial charge is 0.416 e. The first-order valence-corrected chi connectivity index (χ1v) is 6.95. The Bertz CT molecular complexity index is 823. The summed E-state index contributed by atoms with van der Waals surface area (Å²) in [5, 5.41) is 0. The molecule has 0 saturated carbocycles. The average molecular weight is 333 g/mol. The SMILES string of the molecule is O=C(CN1C(=O)c2ccccc2C1=O)c1cccc(C(F)(F)F)c1. The molecule has 0 saturated heterocycles. The van der Waals surface area contributed by atoms with Gasteiger partial charge in [-0.3, -0.25) is 19.3 Å². The molecule has 7 heteroatoms. The zero-order chi connectivity index (χ0) is 17.5. The van der Waals surface area contributed by atoms with Gasteiger partial charge in [-0.25, -0.2) is 0 Å². The minimum atomic E-state index is -4.58. The summed E-state index contributed by atoms with van der Waals surface area (Å²) in [6, 6.07) is 9.98. The van der Waals surface area contributed by atoms with Crippen molar-refractivity contribution < 1.29 is 27.6 Å². The number of alkyl halides is 3. The number of fused-ring (bicyclic) bond motifs is 1. The molecule has 122 valence electrons. The predicted molar refractivity (Wildman–Crippen MR) is 77.6 cm³/mol. The van der Waals surface area contributed by atoms with Crippen molar-refractivity contribution in [2.75, 3.05) is 6.54 Å². The Labute approximate surface area is 134 Å². The van der Waals surface area contributed by atoms with Crippen LogP contribution in [0.2, 0.25) is 0 Å². The number of hydrogen-bond donors (Lipinski definition) is 0.